The Morgan fingerprint density at radius 3 is 2.15 bits per heavy atom. The Balaban J connectivity index is 1.86. The van der Waals surface area contributed by atoms with Gasteiger partial charge in [0.15, 0.2) is 0 Å². The number of carboxylic acids is 1. The fourth-order valence-electron chi connectivity index (χ4n) is 4.42. The summed E-state index contributed by atoms with van der Waals surface area (Å²) >= 11 is 6.93. The predicted molar refractivity (Wildman–Crippen MR) is 137 cm³/mol. The van der Waals surface area contributed by atoms with E-state index in [9.17, 15) is 15.0 Å². The van der Waals surface area contributed by atoms with Gasteiger partial charge < -0.3 is 10.2 Å². The van der Waals surface area contributed by atoms with E-state index in [-0.39, 0.29) is 5.56 Å². The molecule has 0 aromatic heterocycles. The van der Waals surface area contributed by atoms with E-state index in [1.165, 1.54) is 0 Å². The summed E-state index contributed by atoms with van der Waals surface area (Å²) in [4.78, 5) is 19.2. The SMILES string of the molecule is CC1(C)c2ccc(C(=O)O)c3c2C(=CC1O)N(c1ccc(Br)cc1)C3=Nc1ccc(Br)cc1. The number of hydrogen-bond acceptors (Lipinski definition) is 3. The lowest BCUT2D eigenvalue weighted by molar-refractivity contribution is 0.0696. The highest BCUT2D eigenvalue weighted by atomic mass is 79.9. The molecule has 1 unspecified atom stereocenters. The number of hydrogen-bond donors (Lipinski definition) is 2. The Kier molecular flexibility index (Phi) is 5.31. The van der Waals surface area contributed by atoms with Crippen molar-refractivity contribution in [1.82, 2.24) is 0 Å². The first-order valence-electron chi connectivity index (χ1n) is 10.4. The van der Waals surface area contributed by atoms with Gasteiger partial charge in [0.05, 0.1) is 23.1 Å². The molecule has 33 heavy (non-hydrogen) atoms. The number of amidine groups is 1. The zero-order valence-corrected chi connectivity index (χ0v) is 21.1. The molecule has 7 heteroatoms. The third kappa shape index (κ3) is 3.55. The smallest absolute Gasteiger partial charge is 0.336 e. The molecule has 0 bridgehead atoms. The average Bonchev–Trinajstić information content (AvgIpc) is 3.08. The maximum atomic E-state index is 12.3. The molecule has 3 aromatic carbocycles. The van der Waals surface area contributed by atoms with E-state index in [0.717, 1.165) is 31.5 Å². The van der Waals surface area contributed by atoms with Crippen LogP contribution in [0.2, 0.25) is 0 Å². The van der Waals surface area contributed by atoms with Gasteiger partial charge in [-0.05, 0) is 66.2 Å². The molecular weight excluding hydrogens is 548 g/mol. The van der Waals surface area contributed by atoms with E-state index >= 15 is 0 Å². The van der Waals surface area contributed by atoms with Crippen molar-refractivity contribution in [2.24, 2.45) is 4.99 Å². The van der Waals surface area contributed by atoms with Crippen LogP contribution in [-0.2, 0) is 5.41 Å². The van der Waals surface area contributed by atoms with Crippen LogP contribution in [0.5, 0.6) is 0 Å². The van der Waals surface area contributed by atoms with Crippen molar-refractivity contribution in [1.29, 1.82) is 0 Å². The van der Waals surface area contributed by atoms with Gasteiger partial charge in [-0.1, -0.05) is 51.8 Å². The van der Waals surface area contributed by atoms with Crippen molar-refractivity contribution in [3.05, 3.63) is 97.9 Å². The van der Waals surface area contributed by atoms with Crippen LogP contribution in [-0.4, -0.2) is 28.1 Å². The molecule has 0 amide bonds. The highest BCUT2D eigenvalue weighted by molar-refractivity contribution is 9.10. The van der Waals surface area contributed by atoms with Crippen LogP contribution >= 0.6 is 31.9 Å². The van der Waals surface area contributed by atoms with E-state index in [1.807, 2.05) is 79.4 Å². The van der Waals surface area contributed by atoms with Crippen LogP contribution in [0.4, 0.5) is 11.4 Å². The van der Waals surface area contributed by atoms with Crippen LogP contribution in [0.15, 0.2) is 80.7 Å². The lowest BCUT2D eigenvalue weighted by Gasteiger charge is -2.36. The van der Waals surface area contributed by atoms with Crippen LogP contribution < -0.4 is 4.90 Å². The standard InChI is InChI=1S/C26H20Br2N2O3/c1-26(2)19-12-11-18(25(32)33)22-23(19)20(13-21(26)31)30(17-9-5-15(28)6-10-17)24(22)29-16-7-3-14(27)4-8-16/h3-13,21,31H,1-2H3,(H,32,33). The minimum atomic E-state index is -1.02. The van der Waals surface area contributed by atoms with Crippen molar-refractivity contribution in [3.63, 3.8) is 0 Å². The molecular formula is C26H20Br2N2O3. The molecule has 2 N–H and O–H groups in total. The van der Waals surface area contributed by atoms with Gasteiger partial charge in [0.1, 0.15) is 5.84 Å². The normalized spacial score (nSPS) is 19.4. The Morgan fingerprint density at radius 1 is 0.939 bits per heavy atom. The molecule has 1 aliphatic heterocycles. The monoisotopic (exact) mass is 566 g/mol. The summed E-state index contributed by atoms with van der Waals surface area (Å²) in [5.74, 6) is -0.498. The number of rotatable bonds is 3. The topological polar surface area (TPSA) is 73.1 Å². The maximum absolute atomic E-state index is 12.3. The molecule has 2 aliphatic rings. The fraction of sp³-hybridized carbons (Fsp3) is 0.154. The first kappa shape index (κ1) is 22.1. The number of aliphatic hydroxyl groups excluding tert-OH is 1. The number of aliphatic imine (C=N–C) groups is 1. The van der Waals surface area contributed by atoms with Crippen LogP contribution in [0.3, 0.4) is 0 Å². The number of anilines is 1. The molecule has 0 saturated heterocycles. The van der Waals surface area contributed by atoms with Gasteiger partial charge in [-0.25, -0.2) is 9.79 Å². The number of benzene rings is 3. The highest BCUT2D eigenvalue weighted by Crippen LogP contribution is 2.49. The van der Waals surface area contributed by atoms with Gasteiger partial charge in [-0.2, -0.15) is 0 Å². The molecule has 166 valence electrons. The number of carboxylic acid groups (broad SMARTS) is 1. The minimum absolute atomic E-state index is 0.183. The van der Waals surface area contributed by atoms with Gasteiger partial charge in [-0.15, -0.1) is 0 Å². The summed E-state index contributed by atoms with van der Waals surface area (Å²) in [6.45, 7) is 3.93. The first-order chi connectivity index (χ1) is 15.7. The Labute approximate surface area is 208 Å². The van der Waals surface area contributed by atoms with Gasteiger partial charge in [0.25, 0.3) is 0 Å². The summed E-state index contributed by atoms with van der Waals surface area (Å²) in [5.41, 5.74) is 4.14. The van der Waals surface area contributed by atoms with E-state index < -0.39 is 17.5 Å². The van der Waals surface area contributed by atoms with E-state index in [2.05, 4.69) is 31.9 Å². The number of aliphatic hydroxyl groups is 1. The molecule has 0 saturated carbocycles. The molecule has 1 aliphatic carbocycles. The number of carbonyl (C=O) groups is 1. The van der Waals surface area contributed by atoms with Crippen molar-refractivity contribution in [2.45, 2.75) is 25.4 Å². The Bertz CT molecular complexity index is 1340. The van der Waals surface area contributed by atoms with E-state index in [0.29, 0.717) is 17.1 Å². The van der Waals surface area contributed by atoms with Gasteiger partial charge >= 0.3 is 5.97 Å². The summed E-state index contributed by atoms with van der Waals surface area (Å²) in [5, 5.41) is 21.1. The summed E-state index contributed by atoms with van der Waals surface area (Å²) in [6.07, 6.45) is 1.07. The van der Waals surface area contributed by atoms with Crippen LogP contribution in [0, 0.1) is 0 Å². The summed E-state index contributed by atoms with van der Waals surface area (Å²) < 4.78 is 1.86. The van der Waals surface area contributed by atoms with Gasteiger partial charge in [0.2, 0.25) is 0 Å². The zero-order chi connectivity index (χ0) is 23.5. The Hall–Kier alpha value is -2.74. The molecule has 3 aromatic rings. The number of halogens is 2. The lowest BCUT2D eigenvalue weighted by Crippen LogP contribution is -2.37. The summed E-state index contributed by atoms with van der Waals surface area (Å²) in [6, 6.07) is 18.7. The third-order valence-electron chi connectivity index (χ3n) is 6.26. The molecule has 5 nitrogen and oxygen atoms in total. The molecule has 5 rings (SSSR count). The molecule has 0 radical (unpaired) electrons. The van der Waals surface area contributed by atoms with Crippen molar-refractivity contribution < 1.29 is 15.0 Å². The average molecular weight is 568 g/mol. The van der Waals surface area contributed by atoms with Crippen molar-refractivity contribution in [3.8, 4) is 0 Å². The largest absolute Gasteiger partial charge is 0.478 e. The van der Waals surface area contributed by atoms with Gasteiger partial charge in [0, 0.05) is 31.2 Å². The highest BCUT2D eigenvalue weighted by Gasteiger charge is 2.45. The van der Waals surface area contributed by atoms with Crippen molar-refractivity contribution >= 4 is 60.7 Å². The molecule has 1 heterocycles. The predicted octanol–water partition coefficient (Wildman–Crippen LogP) is 6.50. The minimum Gasteiger partial charge on any atom is -0.478 e. The lowest BCUT2D eigenvalue weighted by atomic mass is 9.72. The Morgan fingerprint density at radius 2 is 1.55 bits per heavy atom. The van der Waals surface area contributed by atoms with Crippen LogP contribution in [0.1, 0.15) is 40.9 Å². The summed E-state index contributed by atoms with van der Waals surface area (Å²) in [7, 11) is 0. The number of aromatic carboxylic acids is 1. The van der Waals surface area contributed by atoms with E-state index in [4.69, 9.17) is 4.99 Å². The van der Waals surface area contributed by atoms with Crippen molar-refractivity contribution in [2.75, 3.05) is 4.90 Å². The molecule has 0 fully saturated rings. The first-order valence-corrected chi connectivity index (χ1v) is 12.0. The molecule has 0 spiro atoms. The number of nitrogens with zero attached hydrogens (tertiary/aromatic N) is 2. The fourth-order valence-corrected chi connectivity index (χ4v) is 4.95. The molecule has 1 atom stereocenters. The second-order valence-corrected chi connectivity index (χ2v) is 10.5. The quantitative estimate of drug-likeness (QED) is 0.379. The zero-order valence-electron chi connectivity index (χ0n) is 17.9. The van der Waals surface area contributed by atoms with Crippen LogP contribution in [0.25, 0.3) is 5.70 Å². The maximum Gasteiger partial charge on any atom is 0.336 e. The second-order valence-electron chi connectivity index (χ2n) is 8.66. The van der Waals surface area contributed by atoms with E-state index in [1.54, 1.807) is 6.07 Å². The third-order valence-corrected chi connectivity index (χ3v) is 7.32. The second kappa shape index (κ2) is 7.94. The van der Waals surface area contributed by atoms with Gasteiger partial charge in [-0.3, -0.25) is 4.90 Å².